The van der Waals surface area contributed by atoms with E-state index in [1.807, 2.05) is 6.92 Å². The number of unbranched alkanes of at least 4 members (excludes halogenated alkanes) is 4. The molecular formula is C23H32. The normalized spacial score (nSPS) is 10.4. The Balaban J connectivity index is 0.000000227. The predicted octanol–water partition coefficient (Wildman–Crippen LogP) is 7.43. The van der Waals surface area contributed by atoms with Gasteiger partial charge in [0, 0.05) is 0 Å². The monoisotopic (exact) mass is 308 g/mol. The van der Waals surface area contributed by atoms with Crippen LogP contribution in [-0.2, 0) is 6.42 Å². The summed E-state index contributed by atoms with van der Waals surface area (Å²) in [6.07, 6.45) is 9.86. The molecule has 0 spiro atoms. The molecule has 0 nitrogen and oxygen atoms in total. The third-order valence-electron chi connectivity index (χ3n) is 3.91. The van der Waals surface area contributed by atoms with E-state index in [0.29, 0.717) is 0 Å². The van der Waals surface area contributed by atoms with Gasteiger partial charge in [0.25, 0.3) is 0 Å². The first-order chi connectivity index (χ1) is 11.3. The molecule has 2 aromatic carbocycles. The Morgan fingerprint density at radius 2 is 1.17 bits per heavy atom. The molecule has 124 valence electrons. The predicted molar refractivity (Wildman–Crippen MR) is 105 cm³/mol. The van der Waals surface area contributed by atoms with Gasteiger partial charge < -0.3 is 0 Å². The lowest BCUT2D eigenvalue weighted by Gasteiger charge is -1.98. The van der Waals surface area contributed by atoms with E-state index in [1.165, 1.54) is 54.4 Å². The van der Waals surface area contributed by atoms with Gasteiger partial charge in [-0.3, -0.25) is 0 Å². The molecule has 0 saturated carbocycles. The average Bonchev–Trinajstić information content (AvgIpc) is 2.95. The van der Waals surface area contributed by atoms with Gasteiger partial charge in [-0.05, 0) is 35.6 Å². The van der Waals surface area contributed by atoms with Crippen LogP contribution in [0.3, 0.4) is 0 Å². The third-order valence-corrected chi connectivity index (χ3v) is 3.91. The van der Waals surface area contributed by atoms with Crippen LogP contribution in [0.4, 0.5) is 0 Å². The number of allylic oxidation sites excluding steroid dienone is 1. The summed E-state index contributed by atoms with van der Waals surface area (Å²) >= 11 is 0. The zero-order valence-corrected chi connectivity index (χ0v) is 15.1. The van der Waals surface area contributed by atoms with E-state index in [9.17, 15) is 0 Å². The number of benzene rings is 2. The first kappa shape index (κ1) is 19.2. The van der Waals surface area contributed by atoms with Crippen molar-refractivity contribution in [1.29, 1.82) is 0 Å². The number of hydrogen-bond acceptors (Lipinski definition) is 0. The number of fused-ring (bicyclic) bond motifs is 3. The molecule has 0 aliphatic heterocycles. The summed E-state index contributed by atoms with van der Waals surface area (Å²) < 4.78 is 0. The Bertz CT molecular complexity index is 518. The Morgan fingerprint density at radius 1 is 0.783 bits per heavy atom. The van der Waals surface area contributed by atoms with Gasteiger partial charge in [-0.15, -0.1) is 6.58 Å². The van der Waals surface area contributed by atoms with Crippen LogP contribution in [0.1, 0.15) is 64.0 Å². The highest BCUT2D eigenvalue weighted by Gasteiger charge is 2.15. The molecule has 0 heteroatoms. The first-order valence-electron chi connectivity index (χ1n) is 9.01. The molecule has 0 atom stereocenters. The summed E-state index contributed by atoms with van der Waals surface area (Å²) in [5.74, 6) is 0. The minimum absolute atomic E-state index is 1.10. The second-order valence-electron chi connectivity index (χ2n) is 5.96. The van der Waals surface area contributed by atoms with Gasteiger partial charge in [0.1, 0.15) is 0 Å². The average molecular weight is 309 g/mol. The Hall–Kier alpha value is -1.82. The van der Waals surface area contributed by atoms with Crippen molar-refractivity contribution >= 4 is 0 Å². The van der Waals surface area contributed by atoms with Crippen LogP contribution < -0.4 is 0 Å². The summed E-state index contributed by atoms with van der Waals surface area (Å²) in [6.45, 7) is 9.74. The zero-order chi connectivity index (χ0) is 16.9. The molecule has 0 fully saturated rings. The van der Waals surface area contributed by atoms with Crippen molar-refractivity contribution in [2.24, 2.45) is 0 Å². The Kier molecular flexibility index (Phi) is 9.79. The van der Waals surface area contributed by atoms with Crippen LogP contribution in [-0.4, -0.2) is 0 Å². The fourth-order valence-electron chi connectivity index (χ4n) is 2.76. The molecule has 0 bridgehead atoms. The maximum absolute atomic E-state index is 3.36. The summed E-state index contributed by atoms with van der Waals surface area (Å²) in [4.78, 5) is 0. The molecule has 3 rings (SSSR count). The molecule has 2 aromatic rings. The highest BCUT2D eigenvalue weighted by Crippen LogP contribution is 2.35. The third kappa shape index (κ3) is 6.44. The Labute approximate surface area is 143 Å². The highest BCUT2D eigenvalue weighted by atomic mass is 14.2. The van der Waals surface area contributed by atoms with Gasteiger partial charge in [-0.1, -0.05) is 101 Å². The van der Waals surface area contributed by atoms with E-state index in [-0.39, 0.29) is 0 Å². The largest absolute Gasteiger partial charge is 0.103 e. The fraction of sp³-hybridized carbons (Fsp3) is 0.391. The van der Waals surface area contributed by atoms with Crippen molar-refractivity contribution in [2.45, 2.75) is 59.3 Å². The number of rotatable bonds is 4. The lowest BCUT2D eigenvalue weighted by atomic mass is 10.1. The topological polar surface area (TPSA) is 0 Å². The summed E-state index contributed by atoms with van der Waals surface area (Å²) in [5.41, 5.74) is 5.75. The van der Waals surface area contributed by atoms with Crippen LogP contribution >= 0.6 is 0 Å². The summed E-state index contributed by atoms with van der Waals surface area (Å²) in [7, 11) is 0. The van der Waals surface area contributed by atoms with E-state index in [1.54, 1.807) is 6.08 Å². The molecule has 0 N–H and O–H groups in total. The van der Waals surface area contributed by atoms with Crippen LogP contribution in [0.15, 0.2) is 61.2 Å². The van der Waals surface area contributed by atoms with E-state index < -0.39 is 0 Å². The second kappa shape index (κ2) is 11.7. The molecule has 0 heterocycles. The smallest absolute Gasteiger partial charge is 0.00135 e. The van der Waals surface area contributed by atoms with Crippen molar-refractivity contribution in [3.05, 3.63) is 72.3 Å². The minimum Gasteiger partial charge on any atom is -0.103 e. The van der Waals surface area contributed by atoms with E-state index >= 15 is 0 Å². The van der Waals surface area contributed by atoms with Gasteiger partial charge in [-0.2, -0.15) is 0 Å². The standard InChI is InChI=1S/C13H10.C7H16.C3H6/c1-3-7-12-10(5-1)9-11-6-2-4-8-13(11)12;1-3-5-7-6-4-2;1-3-2/h1-8H,9H2;3-7H2,1-2H3;3H,1H2,2H3. The number of hydrogen-bond donors (Lipinski definition) is 0. The molecule has 1 aliphatic carbocycles. The van der Waals surface area contributed by atoms with Crippen molar-refractivity contribution in [1.82, 2.24) is 0 Å². The fourth-order valence-corrected chi connectivity index (χ4v) is 2.76. The summed E-state index contributed by atoms with van der Waals surface area (Å²) in [5, 5.41) is 0. The van der Waals surface area contributed by atoms with E-state index in [2.05, 4.69) is 69.0 Å². The van der Waals surface area contributed by atoms with Crippen molar-refractivity contribution < 1.29 is 0 Å². The van der Waals surface area contributed by atoms with Gasteiger partial charge in [0.05, 0.1) is 0 Å². The molecule has 0 unspecified atom stereocenters. The van der Waals surface area contributed by atoms with Crippen LogP contribution in [0.5, 0.6) is 0 Å². The van der Waals surface area contributed by atoms with Gasteiger partial charge in [0.2, 0.25) is 0 Å². The van der Waals surface area contributed by atoms with E-state index in [0.717, 1.165) is 6.42 Å². The molecule has 0 aromatic heterocycles. The molecule has 1 aliphatic rings. The first-order valence-corrected chi connectivity index (χ1v) is 9.01. The summed E-state index contributed by atoms with van der Waals surface area (Å²) in [6, 6.07) is 17.3. The molecule has 0 saturated heterocycles. The lowest BCUT2D eigenvalue weighted by Crippen LogP contribution is -1.77. The van der Waals surface area contributed by atoms with Gasteiger partial charge in [-0.25, -0.2) is 0 Å². The van der Waals surface area contributed by atoms with Crippen molar-refractivity contribution in [2.75, 3.05) is 0 Å². The van der Waals surface area contributed by atoms with Crippen molar-refractivity contribution in [3.63, 3.8) is 0 Å². The van der Waals surface area contributed by atoms with Crippen LogP contribution in [0, 0.1) is 0 Å². The minimum atomic E-state index is 1.10. The molecule has 0 radical (unpaired) electrons. The van der Waals surface area contributed by atoms with Gasteiger partial charge in [0.15, 0.2) is 0 Å². The van der Waals surface area contributed by atoms with Crippen molar-refractivity contribution in [3.8, 4) is 11.1 Å². The quantitative estimate of drug-likeness (QED) is 0.347. The molecule has 0 amide bonds. The van der Waals surface area contributed by atoms with E-state index in [4.69, 9.17) is 0 Å². The van der Waals surface area contributed by atoms with Crippen LogP contribution in [0.2, 0.25) is 0 Å². The zero-order valence-electron chi connectivity index (χ0n) is 15.1. The second-order valence-corrected chi connectivity index (χ2v) is 5.96. The molecule has 23 heavy (non-hydrogen) atoms. The maximum atomic E-state index is 3.36. The highest BCUT2D eigenvalue weighted by molar-refractivity contribution is 5.76. The van der Waals surface area contributed by atoms with Gasteiger partial charge >= 0.3 is 0 Å². The SMILES string of the molecule is C=CC.CCCCCCC.c1ccc2c(c1)Cc1ccccc1-2. The maximum Gasteiger partial charge on any atom is -0.00135 e. The Morgan fingerprint density at radius 3 is 1.57 bits per heavy atom. The molecular weight excluding hydrogens is 276 g/mol. The van der Waals surface area contributed by atoms with Crippen LogP contribution in [0.25, 0.3) is 11.1 Å². The lowest BCUT2D eigenvalue weighted by molar-refractivity contribution is 0.656.